The van der Waals surface area contributed by atoms with Gasteiger partial charge in [0.2, 0.25) is 0 Å². The third kappa shape index (κ3) is 3.76. The normalized spacial score (nSPS) is 12.0. The Bertz CT molecular complexity index is 603. The van der Waals surface area contributed by atoms with Crippen LogP contribution in [0.5, 0.6) is 11.5 Å². The van der Waals surface area contributed by atoms with E-state index in [1.807, 2.05) is 44.2 Å². The van der Waals surface area contributed by atoms with Gasteiger partial charge in [0.1, 0.15) is 24.2 Å². The molecule has 3 heteroatoms. The summed E-state index contributed by atoms with van der Waals surface area (Å²) >= 11 is 0. The topological polar surface area (TPSA) is 38.7 Å². The molecule has 0 aliphatic rings. The average Bonchev–Trinajstić information content (AvgIpc) is 2.49. The first-order chi connectivity index (χ1) is 10.0. The monoisotopic (exact) mass is 286 g/mol. The lowest BCUT2D eigenvalue weighted by molar-refractivity contribution is 0.107. The third-order valence-electron chi connectivity index (χ3n) is 3.66. The van der Waals surface area contributed by atoms with Crippen LogP contribution >= 0.6 is 0 Å². The van der Waals surface area contributed by atoms with E-state index in [2.05, 4.69) is 13.0 Å². The van der Waals surface area contributed by atoms with Crippen LogP contribution in [0.15, 0.2) is 36.4 Å². The molecule has 0 aliphatic heterocycles. The largest absolute Gasteiger partial charge is 0.497 e. The second kappa shape index (κ2) is 6.64. The van der Waals surface area contributed by atoms with E-state index in [1.165, 1.54) is 5.56 Å². The van der Waals surface area contributed by atoms with Gasteiger partial charge in [-0.25, -0.2) is 0 Å². The van der Waals surface area contributed by atoms with Crippen molar-refractivity contribution in [2.24, 2.45) is 0 Å². The Balaban J connectivity index is 2.05. The number of rotatable bonds is 5. The molecule has 0 aliphatic carbocycles. The summed E-state index contributed by atoms with van der Waals surface area (Å²) in [5.41, 5.74) is 4.29. The first-order valence-electron chi connectivity index (χ1n) is 7.04. The molecule has 2 aromatic rings. The van der Waals surface area contributed by atoms with Crippen LogP contribution in [0.4, 0.5) is 0 Å². The van der Waals surface area contributed by atoms with Gasteiger partial charge >= 0.3 is 0 Å². The van der Waals surface area contributed by atoms with E-state index in [0.717, 1.165) is 28.2 Å². The summed E-state index contributed by atoms with van der Waals surface area (Å²) in [5.74, 6) is 1.61. The number of ether oxygens (including phenoxy) is 2. The summed E-state index contributed by atoms with van der Waals surface area (Å²) in [4.78, 5) is 0. The first-order valence-corrected chi connectivity index (χ1v) is 7.04. The van der Waals surface area contributed by atoms with Crippen molar-refractivity contribution in [2.75, 3.05) is 13.7 Å². The van der Waals surface area contributed by atoms with Gasteiger partial charge in [-0.1, -0.05) is 18.2 Å². The van der Waals surface area contributed by atoms with Gasteiger partial charge in [-0.05, 0) is 61.2 Å². The third-order valence-corrected chi connectivity index (χ3v) is 3.66. The minimum atomic E-state index is -0.656. The Kier molecular flexibility index (Phi) is 4.86. The number of hydrogen-bond acceptors (Lipinski definition) is 3. The molecule has 0 heterocycles. The fourth-order valence-corrected chi connectivity index (χ4v) is 2.24. The van der Waals surface area contributed by atoms with E-state index in [1.54, 1.807) is 7.11 Å². The zero-order chi connectivity index (χ0) is 15.4. The zero-order valence-corrected chi connectivity index (χ0v) is 13.0. The van der Waals surface area contributed by atoms with Crippen molar-refractivity contribution in [2.45, 2.75) is 26.9 Å². The van der Waals surface area contributed by atoms with Crippen molar-refractivity contribution in [1.29, 1.82) is 0 Å². The Morgan fingerprint density at radius 2 is 1.71 bits per heavy atom. The van der Waals surface area contributed by atoms with Crippen LogP contribution in [0.1, 0.15) is 28.4 Å². The minimum absolute atomic E-state index is 0.232. The van der Waals surface area contributed by atoms with Gasteiger partial charge < -0.3 is 14.6 Å². The van der Waals surface area contributed by atoms with Crippen LogP contribution in [-0.2, 0) is 0 Å². The molecule has 0 spiro atoms. The Morgan fingerprint density at radius 1 is 1.05 bits per heavy atom. The van der Waals surface area contributed by atoms with Crippen molar-refractivity contribution in [3.8, 4) is 11.5 Å². The van der Waals surface area contributed by atoms with Gasteiger partial charge in [0.05, 0.1) is 7.11 Å². The molecule has 1 unspecified atom stereocenters. The highest BCUT2D eigenvalue weighted by atomic mass is 16.5. The van der Waals surface area contributed by atoms with E-state index < -0.39 is 6.10 Å². The molecule has 1 atom stereocenters. The predicted octanol–water partition coefficient (Wildman–Crippen LogP) is 3.73. The molecule has 112 valence electrons. The Morgan fingerprint density at radius 3 is 2.33 bits per heavy atom. The summed E-state index contributed by atoms with van der Waals surface area (Å²) in [6, 6.07) is 11.5. The molecule has 0 amide bonds. The predicted molar refractivity (Wildman–Crippen MR) is 84.1 cm³/mol. The van der Waals surface area contributed by atoms with Crippen LogP contribution in [0.25, 0.3) is 0 Å². The van der Waals surface area contributed by atoms with Crippen molar-refractivity contribution in [3.05, 3.63) is 58.7 Å². The van der Waals surface area contributed by atoms with Gasteiger partial charge in [0.15, 0.2) is 0 Å². The maximum absolute atomic E-state index is 10.2. The van der Waals surface area contributed by atoms with Crippen molar-refractivity contribution < 1.29 is 14.6 Å². The van der Waals surface area contributed by atoms with Gasteiger partial charge in [-0.3, -0.25) is 0 Å². The number of aliphatic hydroxyl groups excluding tert-OH is 1. The molecule has 3 nitrogen and oxygen atoms in total. The van der Waals surface area contributed by atoms with Gasteiger partial charge in [0, 0.05) is 0 Å². The molecule has 2 aromatic carbocycles. The second-order valence-corrected chi connectivity index (χ2v) is 5.30. The number of aliphatic hydroxyl groups is 1. The zero-order valence-electron chi connectivity index (χ0n) is 13.0. The molecule has 0 radical (unpaired) electrons. The molecule has 0 aromatic heterocycles. The van der Waals surface area contributed by atoms with Crippen LogP contribution < -0.4 is 9.47 Å². The van der Waals surface area contributed by atoms with Crippen molar-refractivity contribution in [3.63, 3.8) is 0 Å². The number of methoxy groups -OCH3 is 1. The standard InChI is InChI=1S/C18H22O3/c1-12-9-13(2)14(3)18(10-12)21-11-17(19)15-5-7-16(20-4)8-6-15/h5-10,17,19H,11H2,1-4H3. The van der Waals surface area contributed by atoms with Gasteiger partial charge in [0.25, 0.3) is 0 Å². The van der Waals surface area contributed by atoms with E-state index in [9.17, 15) is 5.11 Å². The molecule has 0 saturated heterocycles. The molecular formula is C18H22O3. The molecule has 21 heavy (non-hydrogen) atoms. The number of benzene rings is 2. The van der Waals surface area contributed by atoms with E-state index in [0.29, 0.717) is 0 Å². The molecule has 1 N–H and O–H groups in total. The summed E-state index contributed by atoms with van der Waals surface area (Å²) in [7, 11) is 1.62. The first kappa shape index (κ1) is 15.4. The SMILES string of the molecule is COc1ccc(C(O)COc2cc(C)cc(C)c2C)cc1. The summed E-state index contributed by atoms with van der Waals surface area (Å²) < 4.78 is 10.9. The van der Waals surface area contributed by atoms with E-state index in [-0.39, 0.29) is 6.61 Å². The van der Waals surface area contributed by atoms with E-state index in [4.69, 9.17) is 9.47 Å². The van der Waals surface area contributed by atoms with Crippen LogP contribution in [-0.4, -0.2) is 18.8 Å². The van der Waals surface area contributed by atoms with Crippen molar-refractivity contribution >= 4 is 0 Å². The fraction of sp³-hybridized carbons (Fsp3) is 0.333. The van der Waals surface area contributed by atoms with Crippen LogP contribution in [0, 0.1) is 20.8 Å². The molecule has 0 saturated carbocycles. The maximum Gasteiger partial charge on any atom is 0.122 e. The lowest BCUT2D eigenvalue weighted by Gasteiger charge is -2.16. The Labute approximate surface area is 126 Å². The molecular weight excluding hydrogens is 264 g/mol. The number of aryl methyl sites for hydroxylation is 2. The van der Waals surface area contributed by atoms with Gasteiger partial charge in [-0.2, -0.15) is 0 Å². The average molecular weight is 286 g/mol. The highest BCUT2D eigenvalue weighted by Crippen LogP contribution is 2.25. The van der Waals surface area contributed by atoms with Gasteiger partial charge in [-0.15, -0.1) is 0 Å². The van der Waals surface area contributed by atoms with E-state index >= 15 is 0 Å². The summed E-state index contributed by atoms with van der Waals surface area (Å²) in [6.45, 7) is 6.37. The highest BCUT2D eigenvalue weighted by Gasteiger charge is 2.10. The smallest absolute Gasteiger partial charge is 0.122 e. The Hall–Kier alpha value is -2.00. The van der Waals surface area contributed by atoms with Crippen LogP contribution in [0.2, 0.25) is 0 Å². The second-order valence-electron chi connectivity index (χ2n) is 5.30. The van der Waals surface area contributed by atoms with Crippen molar-refractivity contribution in [1.82, 2.24) is 0 Å². The lowest BCUT2D eigenvalue weighted by Crippen LogP contribution is -2.10. The summed E-state index contributed by atoms with van der Waals surface area (Å²) in [6.07, 6.45) is -0.656. The quantitative estimate of drug-likeness (QED) is 0.910. The minimum Gasteiger partial charge on any atom is -0.497 e. The maximum atomic E-state index is 10.2. The lowest BCUT2D eigenvalue weighted by atomic mass is 10.1. The fourth-order valence-electron chi connectivity index (χ4n) is 2.24. The number of hydrogen-bond donors (Lipinski definition) is 1. The summed E-state index contributed by atoms with van der Waals surface area (Å²) in [5, 5.41) is 10.2. The van der Waals surface area contributed by atoms with Crippen LogP contribution in [0.3, 0.4) is 0 Å². The highest BCUT2D eigenvalue weighted by molar-refractivity contribution is 5.42. The molecule has 0 fully saturated rings. The molecule has 2 rings (SSSR count). The molecule has 0 bridgehead atoms.